The molecule has 0 amide bonds. The summed E-state index contributed by atoms with van der Waals surface area (Å²) >= 11 is 0. The van der Waals surface area contributed by atoms with Gasteiger partial charge in [0.1, 0.15) is 5.75 Å². The molecule has 2 rings (SSSR count). The number of rotatable bonds is 3. The monoisotopic (exact) mass is 245 g/mol. The molecular formula is C12H14F3NO. The number of nitrogens with one attached hydrogen (secondary N) is 1. The quantitative estimate of drug-likeness (QED) is 0.884. The minimum absolute atomic E-state index is 0.319. The number of alkyl halides is 3. The van der Waals surface area contributed by atoms with Crippen LogP contribution < -0.4 is 10.1 Å². The fourth-order valence-corrected chi connectivity index (χ4v) is 1.83. The minimum Gasteiger partial charge on any atom is -0.493 e. The molecule has 2 nitrogen and oxygen atoms in total. The minimum atomic E-state index is -4.15. The summed E-state index contributed by atoms with van der Waals surface area (Å²) in [6.07, 6.45) is -4.17. The summed E-state index contributed by atoms with van der Waals surface area (Å²) in [5, 5.41) is 3.23. The molecule has 0 radical (unpaired) electrons. The Morgan fingerprint density at radius 2 is 2.06 bits per heavy atom. The SMILES string of the molecule is FC(F)(F)CCOc1ccc2c(c1)CCNC2. The molecule has 0 saturated carbocycles. The van der Waals surface area contributed by atoms with Crippen molar-refractivity contribution >= 4 is 0 Å². The molecule has 0 aliphatic carbocycles. The van der Waals surface area contributed by atoms with Gasteiger partial charge in [-0.2, -0.15) is 13.2 Å². The number of fused-ring (bicyclic) bond motifs is 1. The van der Waals surface area contributed by atoms with Crippen LogP contribution in [0.25, 0.3) is 0 Å². The molecule has 1 heterocycles. The van der Waals surface area contributed by atoms with E-state index < -0.39 is 12.6 Å². The molecule has 0 fully saturated rings. The van der Waals surface area contributed by atoms with Crippen molar-refractivity contribution in [1.29, 1.82) is 0 Å². The predicted molar refractivity (Wildman–Crippen MR) is 58.0 cm³/mol. The van der Waals surface area contributed by atoms with Gasteiger partial charge in [-0.1, -0.05) is 6.07 Å². The Morgan fingerprint density at radius 1 is 1.24 bits per heavy atom. The molecular weight excluding hydrogens is 231 g/mol. The molecule has 0 aromatic heterocycles. The largest absolute Gasteiger partial charge is 0.493 e. The highest BCUT2D eigenvalue weighted by molar-refractivity contribution is 5.37. The van der Waals surface area contributed by atoms with Gasteiger partial charge in [-0.05, 0) is 36.2 Å². The normalized spacial score (nSPS) is 15.5. The zero-order valence-corrected chi connectivity index (χ0v) is 9.31. The first-order chi connectivity index (χ1) is 8.04. The molecule has 0 spiro atoms. The van der Waals surface area contributed by atoms with Crippen LogP contribution >= 0.6 is 0 Å². The second kappa shape index (κ2) is 4.96. The lowest BCUT2D eigenvalue weighted by Crippen LogP contribution is -2.23. The topological polar surface area (TPSA) is 21.3 Å². The van der Waals surface area contributed by atoms with Crippen LogP contribution in [0.2, 0.25) is 0 Å². The summed E-state index contributed by atoms with van der Waals surface area (Å²) in [7, 11) is 0. The zero-order chi connectivity index (χ0) is 12.3. The van der Waals surface area contributed by atoms with Crippen molar-refractivity contribution < 1.29 is 17.9 Å². The van der Waals surface area contributed by atoms with E-state index in [-0.39, 0.29) is 6.61 Å². The fraction of sp³-hybridized carbons (Fsp3) is 0.500. The summed E-state index contributed by atoms with van der Waals surface area (Å²) < 4.78 is 40.9. The Morgan fingerprint density at radius 3 is 2.82 bits per heavy atom. The molecule has 0 saturated heterocycles. The Balaban J connectivity index is 1.93. The van der Waals surface area contributed by atoms with Gasteiger partial charge in [-0.15, -0.1) is 0 Å². The van der Waals surface area contributed by atoms with Crippen LogP contribution in [0.4, 0.5) is 13.2 Å². The first kappa shape index (κ1) is 12.2. The first-order valence-corrected chi connectivity index (χ1v) is 5.57. The van der Waals surface area contributed by atoms with Crippen LogP contribution in [0.5, 0.6) is 5.75 Å². The number of benzene rings is 1. The third kappa shape index (κ3) is 3.63. The summed E-state index contributed by atoms with van der Waals surface area (Å²) in [6.45, 7) is 1.40. The summed E-state index contributed by atoms with van der Waals surface area (Å²) in [5.74, 6) is 0.523. The lowest BCUT2D eigenvalue weighted by atomic mass is 10.0. The molecule has 1 aromatic rings. The van der Waals surface area contributed by atoms with Crippen molar-refractivity contribution in [2.24, 2.45) is 0 Å². The van der Waals surface area contributed by atoms with Crippen LogP contribution in [0.1, 0.15) is 17.5 Å². The number of halogens is 3. The van der Waals surface area contributed by atoms with Gasteiger partial charge in [0, 0.05) is 6.54 Å². The van der Waals surface area contributed by atoms with Crippen molar-refractivity contribution in [2.75, 3.05) is 13.2 Å². The van der Waals surface area contributed by atoms with Gasteiger partial charge in [0.15, 0.2) is 0 Å². The Kier molecular flexibility index (Phi) is 3.57. The van der Waals surface area contributed by atoms with E-state index in [0.717, 1.165) is 25.1 Å². The van der Waals surface area contributed by atoms with Crippen LogP contribution in [-0.4, -0.2) is 19.3 Å². The maximum atomic E-state index is 11.9. The van der Waals surface area contributed by atoms with Crippen molar-refractivity contribution in [3.05, 3.63) is 29.3 Å². The molecule has 5 heteroatoms. The van der Waals surface area contributed by atoms with E-state index in [1.165, 1.54) is 5.56 Å². The van der Waals surface area contributed by atoms with Crippen LogP contribution in [0, 0.1) is 0 Å². The first-order valence-electron chi connectivity index (χ1n) is 5.57. The van der Waals surface area contributed by atoms with Gasteiger partial charge in [0.2, 0.25) is 0 Å². The van der Waals surface area contributed by atoms with E-state index in [4.69, 9.17) is 4.74 Å². The fourth-order valence-electron chi connectivity index (χ4n) is 1.83. The van der Waals surface area contributed by atoms with Crippen molar-refractivity contribution in [2.45, 2.75) is 25.6 Å². The summed E-state index contributed by atoms with van der Waals surface area (Å²) in [6, 6.07) is 5.47. The second-order valence-electron chi connectivity index (χ2n) is 4.07. The molecule has 1 aliphatic rings. The molecule has 17 heavy (non-hydrogen) atoms. The molecule has 0 unspecified atom stereocenters. The Hall–Kier alpha value is -1.23. The van der Waals surface area contributed by atoms with Gasteiger partial charge < -0.3 is 10.1 Å². The van der Waals surface area contributed by atoms with Gasteiger partial charge in [0.05, 0.1) is 13.0 Å². The highest BCUT2D eigenvalue weighted by Crippen LogP contribution is 2.23. The van der Waals surface area contributed by atoms with Crippen LogP contribution in [0.15, 0.2) is 18.2 Å². The third-order valence-electron chi connectivity index (χ3n) is 2.72. The number of hydrogen-bond acceptors (Lipinski definition) is 2. The maximum absolute atomic E-state index is 11.9. The third-order valence-corrected chi connectivity index (χ3v) is 2.72. The van der Waals surface area contributed by atoms with Crippen molar-refractivity contribution in [3.8, 4) is 5.75 Å². The van der Waals surface area contributed by atoms with Gasteiger partial charge >= 0.3 is 6.18 Å². The summed E-state index contributed by atoms with van der Waals surface area (Å²) in [4.78, 5) is 0. The van der Waals surface area contributed by atoms with Crippen molar-refractivity contribution in [3.63, 3.8) is 0 Å². The molecule has 94 valence electrons. The van der Waals surface area contributed by atoms with E-state index in [0.29, 0.717) is 5.75 Å². The van der Waals surface area contributed by atoms with Gasteiger partial charge in [-0.25, -0.2) is 0 Å². The molecule has 1 aromatic carbocycles. The molecule has 1 aliphatic heterocycles. The summed E-state index contributed by atoms with van der Waals surface area (Å²) in [5.41, 5.74) is 2.35. The predicted octanol–water partition coefficient (Wildman–Crippen LogP) is 2.66. The standard InChI is InChI=1S/C12H14F3NO/c13-12(14,15)4-6-17-11-2-1-10-8-16-5-3-9(10)7-11/h1-2,7,16H,3-6,8H2. The molecule has 1 N–H and O–H groups in total. The number of ether oxygens (including phenoxy) is 1. The van der Waals surface area contributed by atoms with E-state index in [9.17, 15) is 13.2 Å². The van der Waals surface area contributed by atoms with Gasteiger partial charge in [-0.3, -0.25) is 0 Å². The highest BCUT2D eigenvalue weighted by atomic mass is 19.4. The lowest BCUT2D eigenvalue weighted by Gasteiger charge is -2.18. The Bertz CT molecular complexity index is 390. The van der Waals surface area contributed by atoms with Crippen LogP contribution in [-0.2, 0) is 13.0 Å². The van der Waals surface area contributed by atoms with E-state index >= 15 is 0 Å². The smallest absolute Gasteiger partial charge is 0.392 e. The molecule has 0 bridgehead atoms. The van der Waals surface area contributed by atoms with E-state index in [2.05, 4.69) is 5.32 Å². The maximum Gasteiger partial charge on any atom is 0.392 e. The van der Waals surface area contributed by atoms with Gasteiger partial charge in [0.25, 0.3) is 0 Å². The average Bonchev–Trinajstić information content (AvgIpc) is 2.27. The van der Waals surface area contributed by atoms with E-state index in [1.807, 2.05) is 12.1 Å². The lowest BCUT2D eigenvalue weighted by molar-refractivity contribution is -0.139. The second-order valence-corrected chi connectivity index (χ2v) is 4.07. The molecule has 0 atom stereocenters. The van der Waals surface area contributed by atoms with Crippen molar-refractivity contribution in [1.82, 2.24) is 5.32 Å². The number of hydrogen-bond donors (Lipinski definition) is 1. The van der Waals surface area contributed by atoms with E-state index in [1.54, 1.807) is 6.07 Å². The average molecular weight is 245 g/mol. The zero-order valence-electron chi connectivity index (χ0n) is 9.31. The van der Waals surface area contributed by atoms with Crippen LogP contribution in [0.3, 0.4) is 0 Å². The Labute approximate surface area is 97.8 Å². The highest BCUT2D eigenvalue weighted by Gasteiger charge is 2.26.